The standard InChI is InChI=1S/C11H16BrN3.2ClH/c1-9(15-7-5-13-6-8-15)10-3-2-4-14-11(10)12;;/h2-4,9,13H,5-8H2,1H3;2*1H/t9-;;/m1../s1. The molecule has 0 amide bonds. The maximum atomic E-state index is 4.27. The van der Waals surface area contributed by atoms with Crippen LogP contribution in [0.4, 0.5) is 0 Å². The largest absolute Gasteiger partial charge is 0.314 e. The lowest BCUT2D eigenvalue weighted by Crippen LogP contribution is -2.44. The molecule has 1 aromatic rings. The molecule has 0 aliphatic carbocycles. The van der Waals surface area contributed by atoms with E-state index < -0.39 is 0 Å². The Kier molecular flexibility index (Phi) is 8.33. The van der Waals surface area contributed by atoms with Crippen molar-refractivity contribution < 1.29 is 0 Å². The topological polar surface area (TPSA) is 28.2 Å². The summed E-state index contributed by atoms with van der Waals surface area (Å²) in [4.78, 5) is 6.75. The molecule has 1 aliphatic rings. The van der Waals surface area contributed by atoms with Gasteiger partial charge in [-0.2, -0.15) is 0 Å². The molecule has 0 saturated carbocycles. The molecule has 0 unspecified atom stereocenters. The monoisotopic (exact) mass is 341 g/mol. The van der Waals surface area contributed by atoms with Gasteiger partial charge in [-0.05, 0) is 28.9 Å². The van der Waals surface area contributed by atoms with E-state index >= 15 is 0 Å². The van der Waals surface area contributed by atoms with Gasteiger partial charge < -0.3 is 5.32 Å². The van der Waals surface area contributed by atoms with Gasteiger partial charge >= 0.3 is 0 Å². The molecule has 6 heteroatoms. The molecule has 1 N–H and O–H groups in total. The van der Waals surface area contributed by atoms with Crippen molar-refractivity contribution >= 4 is 40.7 Å². The summed E-state index contributed by atoms with van der Waals surface area (Å²) in [6.07, 6.45) is 1.82. The highest BCUT2D eigenvalue weighted by molar-refractivity contribution is 9.10. The Bertz CT molecular complexity index is 332. The van der Waals surface area contributed by atoms with E-state index in [1.54, 1.807) is 0 Å². The van der Waals surface area contributed by atoms with Crippen LogP contribution in [0.25, 0.3) is 0 Å². The van der Waals surface area contributed by atoms with E-state index in [1.165, 1.54) is 5.56 Å². The lowest BCUT2D eigenvalue weighted by atomic mass is 10.1. The van der Waals surface area contributed by atoms with Gasteiger partial charge in [-0.15, -0.1) is 24.8 Å². The van der Waals surface area contributed by atoms with Crippen LogP contribution < -0.4 is 5.32 Å². The Morgan fingerprint density at radius 3 is 2.59 bits per heavy atom. The summed E-state index contributed by atoms with van der Waals surface area (Å²) < 4.78 is 0.969. The minimum absolute atomic E-state index is 0. The van der Waals surface area contributed by atoms with Crippen molar-refractivity contribution in [3.8, 4) is 0 Å². The van der Waals surface area contributed by atoms with Gasteiger partial charge in [0, 0.05) is 44.0 Å². The van der Waals surface area contributed by atoms with E-state index in [-0.39, 0.29) is 24.8 Å². The van der Waals surface area contributed by atoms with Gasteiger partial charge in [0.2, 0.25) is 0 Å². The molecular weight excluding hydrogens is 325 g/mol. The molecule has 1 saturated heterocycles. The third kappa shape index (κ3) is 4.38. The van der Waals surface area contributed by atoms with Crippen LogP contribution in [0, 0.1) is 0 Å². The number of rotatable bonds is 2. The second-order valence-corrected chi connectivity index (χ2v) is 4.60. The van der Waals surface area contributed by atoms with Crippen molar-refractivity contribution in [1.82, 2.24) is 15.2 Å². The molecule has 2 rings (SSSR count). The number of nitrogens with zero attached hydrogens (tertiary/aromatic N) is 2. The number of pyridine rings is 1. The van der Waals surface area contributed by atoms with E-state index in [2.05, 4.69) is 44.1 Å². The van der Waals surface area contributed by atoms with Crippen molar-refractivity contribution in [2.45, 2.75) is 13.0 Å². The first-order valence-corrected chi connectivity index (χ1v) is 6.13. The Hall–Kier alpha value is 0.130. The van der Waals surface area contributed by atoms with Gasteiger partial charge in [0.15, 0.2) is 0 Å². The highest BCUT2D eigenvalue weighted by Gasteiger charge is 2.19. The van der Waals surface area contributed by atoms with Gasteiger partial charge in [-0.25, -0.2) is 4.98 Å². The van der Waals surface area contributed by atoms with E-state index in [0.29, 0.717) is 6.04 Å². The van der Waals surface area contributed by atoms with Gasteiger partial charge in [0.1, 0.15) is 4.60 Å². The highest BCUT2D eigenvalue weighted by atomic mass is 79.9. The molecule has 0 radical (unpaired) electrons. The zero-order valence-corrected chi connectivity index (χ0v) is 12.9. The summed E-state index contributed by atoms with van der Waals surface area (Å²) in [6.45, 7) is 6.64. The van der Waals surface area contributed by atoms with E-state index in [4.69, 9.17) is 0 Å². The normalized spacial score (nSPS) is 17.8. The maximum Gasteiger partial charge on any atom is 0.110 e. The maximum absolute atomic E-state index is 4.27. The fraction of sp³-hybridized carbons (Fsp3) is 0.545. The van der Waals surface area contributed by atoms with E-state index in [9.17, 15) is 0 Å². The number of hydrogen-bond acceptors (Lipinski definition) is 3. The Morgan fingerprint density at radius 1 is 1.35 bits per heavy atom. The Morgan fingerprint density at radius 2 is 2.00 bits per heavy atom. The van der Waals surface area contributed by atoms with Crippen molar-refractivity contribution in [3.05, 3.63) is 28.5 Å². The highest BCUT2D eigenvalue weighted by Crippen LogP contribution is 2.25. The average molecular weight is 343 g/mol. The SMILES string of the molecule is C[C@H](c1cccnc1Br)N1CCNCC1.Cl.Cl. The molecule has 98 valence electrons. The number of aromatic nitrogens is 1. The van der Waals surface area contributed by atoms with Crippen molar-refractivity contribution in [2.75, 3.05) is 26.2 Å². The fourth-order valence-corrected chi connectivity index (χ4v) is 2.56. The van der Waals surface area contributed by atoms with Gasteiger partial charge in [-0.1, -0.05) is 6.07 Å². The number of piperazine rings is 1. The third-order valence-electron chi connectivity index (χ3n) is 2.94. The minimum atomic E-state index is 0. The fourth-order valence-electron chi connectivity index (χ4n) is 1.98. The molecule has 3 nitrogen and oxygen atoms in total. The molecule has 1 atom stereocenters. The number of halogens is 3. The Balaban J connectivity index is 0.00000128. The van der Waals surface area contributed by atoms with Gasteiger partial charge in [-0.3, -0.25) is 4.90 Å². The van der Waals surface area contributed by atoms with Crippen LogP contribution in [0.2, 0.25) is 0 Å². The molecule has 2 heterocycles. The predicted octanol–water partition coefficient (Wildman–Crippen LogP) is 2.65. The second kappa shape index (κ2) is 8.27. The quantitative estimate of drug-likeness (QED) is 0.837. The van der Waals surface area contributed by atoms with Crippen molar-refractivity contribution in [3.63, 3.8) is 0 Å². The molecule has 1 aliphatic heterocycles. The zero-order chi connectivity index (χ0) is 10.7. The van der Waals surface area contributed by atoms with Crippen LogP contribution >= 0.6 is 40.7 Å². The number of hydrogen-bond donors (Lipinski definition) is 1. The van der Waals surface area contributed by atoms with Crippen LogP contribution in [0.15, 0.2) is 22.9 Å². The minimum Gasteiger partial charge on any atom is -0.314 e. The van der Waals surface area contributed by atoms with Crippen LogP contribution in [0.5, 0.6) is 0 Å². The summed E-state index contributed by atoms with van der Waals surface area (Å²) in [5.74, 6) is 0. The first-order valence-electron chi connectivity index (χ1n) is 5.34. The first-order chi connectivity index (χ1) is 7.29. The first kappa shape index (κ1) is 17.1. The molecule has 0 bridgehead atoms. The van der Waals surface area contributed by atoms with Gasteiger partial charge in [0.25, 0.3) is 0 Å². The lowest BCUT2D eigenvalue weighted by molar-refractivity contribution is 0.185. The van der Waals surface area contributed by atoms with Crippen LogP contribution in [0.1, 0.15) is 18.5 Å². The lowest BCUT2D eigenvalue weighted by Gasteiger charge is -2.33. The third-order valence-corrected chi connectivity index (χ3v) is 3.60. The van der Waals surface area contributed by atoms with Crippen LogP contribution in [0.3, 0.4) is 0 Å². The van der Waals surface area contributed by atoms with Crippen molar-refractivity contribution in [1.29, 1.82) is 0 Å². The van der Waals surface area contributed by atoms with E-state index in [1.807, 2.05) is 12.3 Å². The summed E-state index contributed by atoms with van der Waals surface area (Å²) in [6, 6.07) is 4.58. The van der Waals surface area contributed by atoms with Crippen molar-refractivity contribution in [2.24, 2.45) is 0 Å². The number of nitrogens with one attached hydrogen (secondary N) is 1. The van der Waals surface area contributed by atoms with Crippen LogP contribution in [-0.2, 0) is 0 Å². The molecule has 0 aromatic carbocycles. The average Bonchev–Trinajstić information content (AvgIpc) is 2.30. The molecule has 1 fully saturated rings. The summed E-state index contributed by atoms with van der Waals surface area (Å²) in [5.41, 5.74) is 1.28. The second-order valence-electron chi connectivity index (χ2n) is 3.85. The Labute approximate surface area is 123 Å². The van der Waals surface area contributed by atoms with Gasteiger partial charge in [0.05, 0.1) is 0 Å². The molecule has 1 aromatic heterocycles. The zero-order valence-electron chi connectivity index (χ0n) is 9.73. The smallest absolute Gasteiger partial charge is 0.110 e. The molecular formula is C11H18BrCl2N3. The molecule has 0 spiro atoms. The summed E-state index contributed by atoms with van der Waals surface area (Å²) in [7, 11) is 0. The molecule has 17 heavy (non-hydrogen) atoms. The van der Waals surface area contributed by atoms with E-state index in [0.717, 1.165) is 30.8 Å². The summed E-state index contributed by atoms with van der Waals surface area (Å²) in [5, 5.41) is 3.37. The van der Waals surface area contributed by atoms with Crippen LogP contribution in [-0.4, -0.2) is 36.1 Å². The summed E-state index contributed by atoms with van der Waals surface area (Å²) >= 11 is 3.51. The predicted molar refractivity (Wildman–Crippen MR) is 79.3 cm³/mol.